The predicted octanol–water partition coefficient (Wildman–Crippen LogP) is 1.88. The molecule has 1 aromatic heterocycles. The molecule has 0 aliphatic heterocycles. The lowest BCUT2D eigenvalue weighted by molar-refractivity contribution is 0.447. The minimum atomic E-state index is -0.882. The molecular formula is C14H16F3N3O. The van der Waals surface area contributed by atoms with Crippen molar-refractivity contribution in [1.82, 2.24) is 9.88 Å². The zero-order valence-electron chi connectivity index (χ0n) is 11.5. The maximum absolute atomic E-state index is 14.5. The first kappa shape index (κ1) is 15.4. The molecule has 7 heteroatoms. The number of hydrogen-bond acceptors (Lipinski definition) is 3. The molecule has 114 valence electrons. The molecule has 2 N–H and O–H groups in total. The van der Waals surface area contributed by atoms with Gasteiger partial charge in [-0.05, 0) is 13.1 Å². The summed E-state index contributed by atoms with van der Waals surface area (Å²) < 4.78 is 42.3. The number of anilines is 1. The number of rotatable bonds is 6. The van der Waals surface area contributed by atoms with Crippen LogP contribution in [0.2, 0.25) is 0 Å². The van der Waals surface area contributed by atoms with E-state index in [1.54, 1.807) is 7.05 Å². The molecule has 2 aromatic rings. The number of hydrogen-bond donors (Lipinski definition) is 2. The Kier molecular flexibility index (Phi) is 4.85. The minimum Gasteiger partial charge on any atom is -0.379 e. The number of aryl methyl sites for hydroxylation is 1. The van der Waals surface area contributed by atoms with E-state index in [4.69, 9.17) is 0 Å². The Morgan fingerprint density at radius 2 is 2.05 bits per heavy atom. The van der Waals surface area contributed by atoms with E-state index >= 15 is 0 Å². The standard InChI is InChI=1S/C14H16F3N3O/c1-18-4-5-19-13-10(16)8-9-11(21)2-6-20(7-3-15)14(9)12(13)17/h2,6,8,18-19H,3-5,7H2,1H3. The van der Waals surface area contributed by atoms with E-state index in [2.05, 4.69) is 10.6 Å². The van der Waals surface area contributed by atoms with Crippen LogP contribution in [0.4, 0.5) is 18.9 Å². The van der Waals surface area contributed by atoms with Crippen LogP contribution < -0.4 is 16.1 Å². The summed E-state index contributed by atoms with van der Waals surface area (Å²) in [5.41, 5.74) is -0.899. The van der Waals surface area contributed by atoms with Crippen molar-refractivity contribution in [3.05, 3.63) is 40.2 Å². The number of aromatic nitrogens is 1. The molecule has 1 aromatic carbocycles. The van der Waals surface area contributed by atoms with E-state index in [-0.39, 0.29) is 23.1 Å². The molecule has 1 heterocycles. The largest absolute Gasteiger partial charge is 0.379 e. The molecule has 2 rings (SSSR count). The van der Waals surface area contributed by atoms with Crippen molar-refractivity contribution < 1.29 is 13.2 Å². The SMILES string of the molecule is CNCCNc1c(F)cc2c(=O)ccn(CCF)c2c1F. The molecule has 0 atom stereocenters. The van der Waals surface area contributed by atoms with Crippen molar-refractivity contribution in [2.45, 2.75) is 6.54 Å². The lowest BCUT2D eigenvalue weighted by Gasteiger charge is -2.14. The van der Waals surface area contributed by atoms with E-state index < -0.39 is 23.7 Å². The molecule has 0 saturated heterocycles. The third-order valence-corrected chi connectivity index (χ3v) is 3.15. The van der Waals surface area contributed by atoms with Crippen LogP contribution in [-0.4, -0.2) is 31.4 Å². The lowest BCUT2D eigenvalue weighted by atomic mass is 10.1. The van der Waals surface area contributed by atoms with Gasteiger partial charge in [0.1, 0.15) is 18.2 Å². The molecular weight excluding hydrogens is 283 g/mol. The minimum absolute atomic E-state index is 0.0893. The van der Waals surface area contributed by atoms with Crippen molar-refractivity contribution in [1.29, 1.82) is 0 Å². The molecule has 0 radical (unpaired) electrons. The van der Waals surface area contributed by atoms with Gasteiger partial charge in [-0.3, -0.25) is 4.79 Å². The summed E-state index contributed by atoms with van der Waals surface area (Å²) in [5.74, 6) is -1.72. The van der Waals surface area contributed by atoms with Gasteiger partial charge in [0.15, 0.2) is 11.2 Å². The highest BCUT2D eigenvalue weighted by Gasteiger charge is 2.17. The van der Waals surface area contributed by atoms with E-state index in [1.165, 1.54) is 16.8 Å². The third kappa shape index (κ3) is 3.02. The Balaban J connectivity index is 2.62. The van der Waals surface area contributed by atoms with Crippen LogP contribution in [0.3, 0.4) is 0 Å². The van der Waals surface area contributed by atoms with Crippen LogP contribution in [0.5, 0.6) is 0 Å². The van der Waals surface area contributed by atoms with Crippen molar-refractivity contribution in [2.75, 3.05) is 32.1 Å². The third-order valence-electron chi connectivity index (χ3n) is 3.15. The van der Waals surface area contributed by atoms with Crippen molar-refractivity contribution in [3.8, 4) is 0 Å². The number of halogens is 3. The predicted molar refractivity (Wildman–Crippen MR) is 76.5 cm³/mol. The van der Waals surface area contributed by atoms with Gasteiger partial charge in [-0.25, -0.2) is 13.2 Å². The Hall–Kier alpha value is -2.02. The summed E-state index contributed by atoms with van der Waals surface area (Å²) in [6.07, 6.45) is 1.31. The van der Waals surface area contributed by atoms with Gasteiger partial charge in [0.25, 0.3) is 0 Å². The fraction of sp³-hybridized carbons (Fsp3) is 0.357. The Morgan fingerprint density at radius 1 is 1.29 bits per heavy atom. The van der Waals surface area contributed by atoms with Gasteiger partial charge in [-0.15, -0.1) is 0 Å². The highest BCUT2D eigenvalue weighted by Crippen LogP contribution is 2.26. The zero-order valence-corrected chi connectivity index (χ0v) is 11.5. The number of fused-ring (bicyclic) bond motifs is 1. The number of likely N-dealkylation sites (N-methyl/N-ethyl adjacent to an activating group) is 1. The van der Waals surface area contributed by atoms with Crippen LogP contribution in [0.25, 0.3) is 10.9 Å². The fourth-order valence-electron chi connectivity index (χ4n) is 2.15. The van der Waals surface area contributed by atoms with Gasteiger partial charge in [-0.2, -0.15) is 0 Å². The van der Waals surface area contributed by atoms with Crippen molar-refractivity contribution >= 4 is 16.6 Å². The second-order valence-electron chi connectivity index (χ2n) is 4.54. The fourth-order valence-corrected chi connectivity index (χ4v) is 2.15. The van der Waals surface area contributed by atoms with Crippen molar-refractivity contribution in [2.24, 2.45) is 0 Å². The van der Waals surface area contributed by atoms with Crippen LogP contribution in [-0.2, 0) is 6.54 Å². The maximum Gasteiger partial charge on any atom is 0.189 e. The normalized spacial score (nSPS) is 11.0. The van der Waals surface area contributed by atoms with Gasteiger partial charge < -0.3 is 15.2 Å². The quantitative estimate of drug-likeness (QED) is 0.801. The summed E-state index contributed by atoms with van der Waals surface area (Å²) in [6, 6.07) is 2.15. The zero-order chi connectivity index (χ0) is 15.4. The maximum atomic E-state index is 14.5. The Labute approximate surface area is 119 Å². The van der Waals surface area contributed by atoms with Gasteiger partial charge in [-0.1, -0.05) is 0 Å². The Morgan fingerprint density at radius 3 is 2.71 bits per heavy atom. The molecule has 0 amide bonds. The van der Waals surface area contributed by atoms with Crippen molar-refractivity contribution in [3.63, 3.8) is 0 Å². The highest BCUT2D eigenvalue weighted by atomic mass is 19.1. The van der Waals surface area contributed by atoms with E-state index in [0.717, 1.165) is 6.07 Å². The summed E-state index contributed by atoms with van der Waals surface area (Å²) in [7, 11) is 1.72. The van der Waals surface area contributed by atoms with Crippen LogP contribution in [0.15, 0.2) is 23.1 Å². The molecule has 0 bridgehead atoms. The second kappa shape index (κ2) is 6.62. The van der Waals surface area contributed by atoms with E-state index in [9.17, 15) is 18.0 Å². The molecule has 0 unspecified atom stereocenters. The van der Waals surface area contributed by atoms with Gasteiger partial charge in [0, 0.05) is 25.4 Å². The molecule has 4 nitrogen and oxygen atoms in total. The van der Waals surface area contributed by atoms with Crippen LogP contribution in [0.1, 0.15) is 0 Å². The van der Waals surface area contributed by atoms with E-state index in [0.29, 0.717) is 13.1 Å². The van der Waals surface area contributed by atoms with Gasteiger partial charge in [0.2, 0.25) is 0 Å². The molecule has 0 spiro atoms. The summed E-state index contributed by atoms with van der Waals surface area (Å²) in [4.78, 5) is 11.7. The first-order chi connectivity index (χ1) is 10.1. The average Bonchev–Trinajstić information content (AvgIpc) is 2.46. The molecule has 21 heavy (non-hydrogen) atoms. The van der Waals surface area contributed by atoms with E-state index in [1.807, 2.05) is 0 Å². The second-order valence-corrected chi connectivity index (χ2v) is 4.54. The number of nitrogens with one attached hydrogen (secondary N) is 2. The summed E-state index contributed by atoms with van der Waals surface area (Å²) in [5, 5.41) is 5.39. The smallest absolute Gasteiger partial charge is 0.189 e. The highest BCUT2D eigenvalue weighted by molar-refractivity contribution is 5.83. The monoisotopic (exact) mass is 299 g/mol. The lowest BCUT2D eigenvalue weighted by Crippen LogP contribution is -2.20. The summed E-state index contributed by atoms with van der Waals surface area (Å²) in [6.45, 7) is 0.0195. The van der Waals surface area contributed by atoms with Crippen LogP contribution >= 0.6 is 0 Å². The first-order valence-corrected chi connectivity index (χ1v) is 6.55. The topological polar surface area (TPSA) is 46.1 Å². The summed E-state index contributed by atoms with van der Waals surface area (Å²) >= 11 is 0. The Bertz CT molecular complexity index is 700. The number of benzene rings is 1. The number of pyridine rings is 1. The number of alkyl halides is 1. The molecule has 0 saturated carbocycles. The van der Waals surface area contributed by atoms with Gasteiger partial charge >= 0.3 is 0 Å². The first-order valence-electron chi connectivity index (χ1n) is 6.55. The molecule has 0 aliphatic carbocycles. The van der Waals surface area contributed by atoms with Crippen LogP contribution in [0, 0.1) is 11.6 Å². The average molecular weight is 299 g/mol. The molecule has 0 aliphatic rings. The number of nitrogens with zero attached hydrogens (tertiary/aromatic N) is 1. The van der Waals surface area contributed by atoms with Gasteiger partial charge in [0.05, 0.1) is 17.4 Å². The molecule has 0 fully saturated rings.